The lowest BCUT2D eigenvalue weighted by Gasteiger charge is -2.35. The van der Waals surface area contributed by atoms with E-state index in [2.05, 4.69) is 39.2 Å². The zero-order chi connectivity index (χ0) is 22.1. The average molecular weight is 428 g/mol. The number of ether oxygens (including phenoxy) is 2. The first-order chi connectivity index (χ1) is 15.6. The molecule has 4 aromatic rings. The third-order valence-corrected chi connectivity index (χ3v) is 5.35. The maximum atomic E-state index is 5.87. The number of nitrogens with zero attached hydrogens (tertiary/aromatic N) is 5. The summed E-state index contributed by atoms with van der Waals surface area (Å²) in [6.07, 6.45) is 5.44. The number of rotatable bonds is 5. The molecule has 3 heterocycles. The molecule has 8 nitrogen and oxygen atoms in total. The van der Waals surface area contributed by atoms with Gasteiger partial charge in [0.1, 0.15) is 12.4 Å². The van der Waals surface area contributed by atoms with Gasteiger partial charge >= 0.3 is 0 Å². The summed E-state index contributed by atoms with van der Waals surface area (Å²) >= 11 is 0. The van der Waals surface area contributed by atoms with Crippen LogP contribution in [-0.2, 0) is 0 Å². The molecule has 2 aromatic heterocycles. The van der Waals surface area contributed by atoms with Gasteiger partial charge in [0.15, 0.2) is 11.6 Å². The van der Waals surface area contributed by atoms with Crippen LogP contribution in [0.25, 0.3) is 5.69 Å². The number of hydrogen-bond donors (Lipinski definition) is 1. The summed E-state index contributed by atoms with van der Waals surface area (Å²) in [7, 11) is 1.65. The Hall–Kier alpha value is -4.07. The minimum atomic E-state index is 0.144. The molecule has 0 spiro atoms. The minimum Gasteiger partial charge on any atom is -0.494 e. The summed E-state index contributed by atoms with van der Waals surface area (Å²) in [4.78, 5) is 15.7. The van der Waals surface area contributed by atoms with Gasteiger partial charge in [-0.2, -0.15) is 4.98 Å². The van der Waals surface area contributed by atoms with Gasteiger partial charge in [0, 0.05) is 23.6 Å². The molecule has 0 bridgehead atoms. The summed E-state index contributed by atoms with van der Waals surface area (Å²) in [5.74, 6) is 2.61. The lowest BCUT2D eigenvalue weighted by Crippen LogP contribution is -2.38. The van der Waals surface area contributed by atoms with Crippen LogP contribution in [0.15, 0.2) is 67.3 Å². The Morgan fingerprint density at radius 1 is 1.12 bits per heavy atom. The van der Waals surface area contributed by atoms with E-state index in [1.807, 2.05) is 54.1 Å². The fourth-order valence-electron chi connectivity index (χ4n) is 3.81. The van der Waals surface area contributed by atoms with Gasteiger partial charge in [0.05, 0.1) is 37.1 Å². The smallest absolute Gasteiger partial charge is 0.229 e. The number of para-hydroxylation sites is 1. The van der Waals surface area contributed by atoms with Gasteiger partial charge < -0.3 is 24.3 Å². The Labute approximate surface area is 186 Å². The van der Waals surface area contributed by atoms with E-state index in [1.54, 1.807) is 19.6 Å². The Morgan fingerprint density at radius 2 is 1.97 bits per heavy atom. The molecule has 2 aromatic carbocycles. The van der Waals surface area contributed by atoms with E-state index in [9.17, 15) is 0 Å². The molecule has 1 aliphatic heterocycles. The molecule has 0 amide bonds. The van der Waals surface area contributed by atoms with Crippen molar-refractivity contribution < 1.29 is 9.47 Å². The fraction of sp³-hybridized carbons (Fsp3) is 0.208. The molecule has 8 heteroatoms. The van der Waals surface area contributed by atoms with Crippen LogP contribution in [0.1, 0.15) is 12.6 Å². The first kappa shape index (κ1) is 19.9. The topological polar surface area (TPSA) is 77.3 Å². The van der Waals surface area contributed by atoms with Crippen molar-refractivity contribution in [1.82, 2.24) is 19.5 Å². The van der Waals surface area contributed by atoms with Crippen molar-refractivity contribution >= 4 is 23.1 Å². The van der Waals surface area contributed by atoms with Crippen molar-refractivity contribution in [2.45, 2.75) is 19.9 Å². The number of methoxy groups -OCH3 is 1. The van der Waals surface area contributed by atoms with Crippen LogP contribution in [0.4, 0.5) is 23.1 Å². The van der Waals surface area contributed by atoms with Crippen LogP contribution in [0.3, 0.4) is 0 Å². The van der Waals surface area contributed by atoms with Crippen molar-refractivity contribution in [3.63, 3.8) is 0 Å². The van der Waals surface area contributed by atoms with E-state index >= 15 is 0 Å². The van der Waals surface area contributed by atoms with Gasteiger partial charge in [-0.05, 0) is 38.1 Å². The van der Waals surface area contributed by atoms with Gasteiger partial charge in [0.25, 0.3) is 0 Å². The number of nitrogens with one attached hydrogen (secondary N) is 1. The van der Waals surface area contributed by atoms with Crippen LogP contribution < -0.4 is 19.7 Å². The molecule has 1 unspecified atom stereocenters. The molecule has 0 saturated carbocycles. The number of benzene rings is 2. The van der Waals surface area contributed by atoms with E-state index in [0.29, 0.717) is 24.1 Å². The minimum absolute atomic E-state index is 0.144. The molecule has 0 radical (unpaired) electrons. The number of aromatic nitrogens is 4. The van der Waals surface area contributed by atoms with Crippen LogP contribution in [-0.4, -0.2) is 39.3 Å². The van der Waals surface area contributed by atoms with Crippen LogP contribution in [0, 0.1) is 6.92 Å². The molecule has 1 N–H and O–H groups in total. The first-order valence-corrected chi connectivity index (χ1v) is 10.4. The zero-order valence-electron chi connectivity index (χ0n) is 18.2. The van der Waals surface area contributed by atoms with Gasteiger partial charge in [0.2, 0.25) is 5.95 Å². The second-order valence-corrected chi connectivity index (χ2v) is 7.68. The Balaban J connectivity index is 1.46. The maximum absolute atomic E-state index is 5.87. The molecular formula is C24H24N6O2. The number of anilines is 4. The normalized spacial score (nSPS) is 15.1. The number of imidazole rings is 1. The molecule has 0 saturated heterocycles. The van der Waals surface area contributed by atoms with E-state index in [4.69, 9.17) is 14.5 Å². The van der Waals surface area contributed by atoms with Crippen molar-refractivity contribution in [3.8, 4) is 17.2 Å². The van der Waals surface area contributed by atoms with Gasteiger partial charge in [-0.1, -0.05) is 18.2 Å². The fourth-order valence-corrected chi connectivity index (χ4v) is 3.81. The standard InChI is InChI=1S/C24H24N6O2/c1-16-13-29(15-26-16)20-10-9-18(11-21(20)31-3)27-24-25-12-22-23(28-24)30(17(2)14-32-22)19-7-5-4-6-8-19/h4-13,15,17H,14H2,1-3H3,(H,25,27,28). The van der Waals surface area contributed by atoms with Gasteiger partial charge in [-0.25, -0.2) is 9.97 Å². The third-order valence-electron chi connectivity index (χ3n) is 5.35. The molecule has 0 aliphatic carbocycles. The molecule has 0 fully saturated rings. The number of hydrogen-bond acceptors (Lipinski definition) is 7. The second-order valence-electron chi connectivity index (χ2n) is 7.68. The van der Waals surface area contributed by atoms with E-state index in [-0.39, 0.29) is 6.04 Å². The monoisotopic (exact) mass is 428 g/mol. The SMILES string of the molecule is COc1cc(Nc2ncc3c(n2)N(c2ccccc2)C(C)CO3)ccc1-n1cnc(C)c1. The predicted molar refractivity (Wildman–Crippen MR) is 124 cm³/mol. The van der Waals surface area contributed by atoms with Crippen molar-refractivity contribution in [2.75, 3.05) is 23.9 Å². The highest BCUT2D eigenvalue weighted by Crippen LogP contribution is 2.38. The first-order valence-electron chi connectivity index (χ1n) is 10.4. The highest BCUT2D eigenvalue weighted by molar-refractivity contribution is 5.69. The Kier molecular flexibility index (Phi) is 5.10. The zero-order valence-corrected chi connectivity index (χ0v) is 18.2. The second kappa shape index (κ2) is 8.22. The van der Waals surface area contributed by atoms with Crippen LogP contribution >= 0.6 is 0 Å². The van der Waals surface area contributed by atoms with E-state index in [1.165, 1.54) is 0 Å². The summed E-state index contributed by atoms with van der Waals surface area (Å²) in [5.41, 5.74) is 3.73. The van der Waals surface area contributed by atoms with E-state index < -0.39 is 0 Å². The highest BCUT2D eigenvalue weighted by atomic mass is 16.5. The summed E-state index contributed by atoms with van der Waals surface area (Å²) in [6, 6.07) is 16.2. The summed E-state index contributed by atoms with van der Waals surface area (Å²) in [6.45, 7) is 4.65. The predicted octanol–water partition coefficient (Wildman–Crippen LogP) is 4.64. The summed E-state index contributed by atoms with van der Waals surface area (Å²) in [5, 5.41) is 3.29. The lowest BCUT2D eigenvalue weighted by atomic mass is 10.2. The van der Waals surface area contributed by atoms with Crippen LogP contribution in [0.5, 0.6) is 11.5 Å². The lowest BCUT2D eigenvalue weighted by molar-refractivity contribution is 0.275. The van der Waals surface area contributed by atoms with Crippen LogP contribution in [0.2, 0.25) is 0 Å². The van der Waals surface area contributed by atoms with Crippen molar-refractivity contribution in [3.05, 3.63) is 72.9 Å². The number of aryl methyl sites for hydroxylation is 1. The highest BCUT2D eigenvalue weighted by Gasteiger charge is 2.28. The largest absolute Gasteiger partial charge is 0.494 e. The molecule has 1 aliphatic rings. The molecule has 32 heavy (non-hydrogen) atoms. The summed E-state index contributed by atoms with van der Waals surface area (Å²) < 4.78 is 13.4. The number of fused-ring (bicyclic) bond motifs is 1. The molecular weight excluding hydrogens is 404 g/mol. The quantitative estimate of drug-likeness (QED) is 0.496. The van der Waals surface area contributed by atoms with Crippen molar-refractivity contribution in [1.29, 1.82) is 0 Å². The van der Waals surface area contributed by atoms with Crippen molar-refractivity contribution in [2.24, 2.45) is 0 Å². The molecule has 162 valence electrons. The van der Waals surface area contributed by atoms with E-state index in [0.717, 1.165) is 28.6 Å². The average Bonchev–Trinajstić information content (AvgIpc) is 3.25. The Morgan fingerprint density at radius 3 is 2.72 bits per heavy atom. The third kappa shape index (κ3) is 3.71. The van der Waals surface area contributed by atoms with Gasteiger partial charge in [-0.3, -0.25) is 0 Å². The molecule has 1 atom stereocenters. The maximum Gasteiger partial charge on any atom is 0.229 e. The van der Waals surface area contributed by atoms with Gasteiger partial charge in [-0.15, -0.1) is 0 Å². The molecule has 5 rings (SSSR count). The Bertz CT molecular complexity index is 1240.